The highest BCUT2D eigenvalue weighted by Gasteiger charge is 2.18. The smallest absolute Gasteiger partial charge is 0.335 e. The number of nitrogens with one attached hydrogen (secondary N) is 1. The second kappa shape index (κ2) is 9.23. The van der Waals surface area contributed by atoms with Crippen LogP contribution in [-0.2, 0) is 11.3 Å². The molecule has 32 heavy (non-hydrogen) atoms. The van der Waals surface area contributed by atoms with Crippen LogP contribution in [0, 0.1) is 0 Å². The van der Waals surface area contributed by atoms with Gasteiger partial charge < -0.3 is 14.8 Å². The molecule has 0 saturated carbocycles. The summed E-state index contributed by atoms with van der Waals surface area (Å²) in [5, 5.41) is 22.4. The van der Waals surface area contributed by atoms with E-state index in [1.165, 1.54) is 30.0 Å². The van der Waals surface area contributed by atoms with Gasteiger partial charge in [-0.3, -0.25) is 9.36 Å². The SMILES string of the molecule is CCn1c(SCC(=O)Nc2cc(C(=O)O)ccc2Cl)nnc1-c1cc2cc(Cl)ccc2o1. The number of nitrogens with zero attached hydrogens (tertiary/aromatic N) is 3. The van der Waals surface area contributed by atoms with Crippen molar-refractivity contribution in [2.45, 2.75) is 18.6 Å². The van der Waals surface area contributed by atoms with Crippen LogP contribution in [0.2, 0.25) is 10.0 Å². The van der Waals surface area contributed by atoms with Crippen LogP contribution in [0.25, 0.3) is 22.6 Å². The molecule has 4 rings (SSSR count). The number of benzene rings is 2. The number of aromatic carboxylic acids is 1. The van der Waals surface area contributed by atoms with E-state index in [0.29, 0.717) is 33.9 Å². The molecule has 0 saturated heterocycles. The van der Waals surface area contributed by atoms with Crippen molar-refractivity contribution in [1.82, 2.24) is 14.8 Å². The van der Waals surface area contributed by atoms with Crippen molar-refractivity contribution in [3.05, 3.63) is 58.1 Å². The molecule has 8 nitrogen and oxygen atoms in total. The van der Waals surface area contributed by atoms with E-state index in [0.717, 1.165) is 5.39 Å². The van der Waals surface area contributed by atoms with Gasteiger partial charge in [0.05, 0.1) is 22.0 Å². The molecule has 0 radical (unpaired) electrons. The molecule has 2 aromatic carbocycles. The van der Waals surface area contributed by atoms with E-state index in [2.05, 4.69) is 15.5 Å². The van der Waals surface area contributed by atoms with E-state index in [1.807, 2.05) is 17.6 Å². The first-order chi connectivity index (χ1) is 15.4. The average molecular weight is 491 g/mol. The highest BCUT2D eigenvalue weighted by Crippen LogP contribution is 2.31. The van der Waals surface area contributed by atoms with Gasteiger partial charge in [0.2, 0.25) is 11.7 Å². The van der Waals surface area contributed by atoms with Crippen molar-refractivity contribution in [2.24, 2.45) is 0 Å². The van der Waals surface area contributed by atoms with Gasteiger partial charge in [0, 0.05) is 17.0 Å². The Morgan fingerprint density at radius 3 is 2.72 bits per heavy atom. The lowest BCUT2D eigenvalue weighted by molar-refractivity contribution is -0.113. The van der Waals surface area contributed by atoms with Crippen molar-refractivity contribution in [3.63, 3.8) is 0 Å². The lowest BCUT2D eigenvalue weighted by atomic mass is 10.2. The van der Waals surface area contributed by atoms with Crippen LogP contribution in [-0.4, -0.2) is 37.5 Å². The Balaban J connectivity index is 1.49. The summed E-state index contributed by atoms with van der Waals surface area (Å²) in [5.74, 6) is -0.347. The van der Waals surface area contributed by atoms with Gasteiger partial charge in [-0.05, 0) is 49.4 Å². The summed E-state index contributed by atoms with van der Waals surface area (Å²) in [7, 11) is 0. The molecule has 0 aliphatic carbocycles. The molecule has 0 atom stereocenters. The number of rotatable bonds is 7. The molecule has 0 bridgehead atoms. The van der Waals surface area contributed by atoms with E-state index in [4.69, 9.17) is 32.7 Å². The Bertz CT molecular complexity index is 1330. The lowest BCUT2D eigenvalue weighted by Gasteiger charge is -2.09. The number of amides is 1. The Labute approximate surface area is 196 Å². The topological polar surface area (TPSA) is 110 Å². The first kappa shape index (κ1) is 22.2. The number of aromatic nitrogens is 3. The van der Waals surface area contributed by atoms with Crippen LogP contribution < -0.4 is 5.32 Å². The first-order valence-electron chi connectivity index (χ1n) is 9.44. The number of anilines is 1. The Morgan fingerprint density at radius 1 is 1.16 bits per heavy atom. The monoisotopic (exact) mass is 490 g/mol. The molecule has 2 aromatic heterocycles. The molecule has 11 heteroatoms. The van der Waals surface area contributed by atoms with Gasteiger partial charge in [0.1, 0.15) is 5.58 Å². The van der Waals surface area contributed by atoms with Gasteiger partial charge in [-0.2, -0.15) is 0 Å². The molecular formula is C21H16Cl2N4O4S. The third-order valence-corrected chi connectivity index (χ3v) is 6.08. The quantitative estimate of drug-likeness (QED) is 0.331. The van der Waals surface area contributed by atoms with Crippen molar-refractivity contribution in [3.8, 4) is 11.6 Å². The van der Waals surface area contributed by atoms with Crippen LogP contribution in [0.1, 0.15) is 17.3 Å². The van der Waals surface area contributed by atoms with Crippen LogP contribution in [0.15, 0.2) is 52.0 Å². The average Bonchev–Trinajstić information content (AvgIpc) is 3.36. The molecule has 0 spiro atoms. The van der Waals surface area contributed by atoms with E-state index in [-0.39, 0.29) is 27.9 Å². The molecule has 164 valence electrons. The third-order valence-electron chi connectivity index (χ3n) is 4.55. The standard InChI is InChI=1S/C21H16Cl2N4O4S/c1-2-27-19(17-9-12-7-13(22)4-6-16(12)31-17)25-26-21(27)32-10-18(28)24-15-8-11(20(29)30)3-5-14(15)23/h3-9H,2,10H2,1H3,(H,24,28)(H,29,30). The summed E-state index contributed by atoms with van der Waals surface area (Å²) in [5.41, 5.74) is 0.944. The van der Waals surface area contributed by atoms with E-state index >= 15 is 0 Å². The number of carboxylic acids is 1. The fourth-order valence-electron chi connectivity index (χ4n) is 3.06. The maximum atomic E-state index is 12.4. The number of thioether (sulfide) groups is 1. The summed E-state index contributed by atoms with van der Waals surface area (Å²) in [6.07, 6.45) is 0. The second-order valence-corrected chi connectivity index (χ2v) is 8.47. The molecular weight excluding hydrogens is 475 g/mol. The number of carboxylic acid groups (broad SMARTS) is 1. The molecule has 2 heterocycles. The highest BCUT2D eigenvalue weighted by molar-refractivity contribution is 7.99. The minimum atomic E-state index is -1.11. The maximum Gasteiger partial charge on any atom is 0.335 e. The van der Waals surface area contributed by atoms with Crippen LogP contribution in [0.4, 0.5) is 5.69 Å². The second-order valence-electron chi connectivity index (χ2n) is 6.68. The molecule has 2 N–H and O–H groups in total. The zero-order chi connectivity index (χ0) is 22.8. The van der Waals surface area contributed by atoms with E-state index in [9.17, 15) is 9.59 Å². The summed E-state index contributed by atoms with van der Waals surface area (Å²) >= 11 is 13.3. The van der Waals surface area contributed by atoms with Gasteiger partial charge in [0.25, 0.3) is 0 Å². The molecule has 1 amide bonds. The number of fused-ring (bicyclic) bond motifs is 1. The van der Waals surface area contributed by atoms with Gasteiger partial charge in [-0.15, -0.1) is 10.2 Å². The van der Waals surface area contributed by atoms with Crippen molar-refractivity contribution >= 4 is 63.5 Å². The molecule has 0 unspecified atom stereocenters. The van der Waals surface area contributed by atoms with Crippen LogP contribution >= 0.6 is 35.0 Å². The summed E-state index contributed by atoms with van der Waals surface area (Å²) in [6, 6.07) is 11.3. The predicted octanol–water partition coefficient (Wildman–Crippen LogP) is 5.45. The zero-order valence-corrected chi connectivity index (χ0v) is 19.0. The van der Waals surface area contributed by atoms with Gasteiger partial charge in [-0.25, -0.2) is 4.79 Å². The fraction of sp³-hybridized carbons (Fsp3) is 0.143. The number of halogens is 2. The number of furan rings is 1. The normalized spacial score (nSPS) is 11.1. The molecule has 0 aliphatic heterocycles. The third kappa shape index (κ3) is 4.59. The van der Waals surface area contributed by atoms with Gasteiger partial charge in [0.15, 0.2) is 10.9 Å². The first-order valence-corrected chi connectivity index (χ1v) is 11.2. The number of carbonyl (C=O) groups is 2. The van der Waals surface area contributed by atoms with Crippen LogP contribution in [0.3, 0.4) is 0 Å². The molecule has 0 aliphatic rings. The fourth-order valence-corrected chi connectivity index (χ4v) is 4.21. The van der Waals surface area contributed by atoms with Crippen molar-refractivity contribution in [2.75, 3.05) is 11.1 Å². The number of carbonyl (C=O) groups excluding carboxylic acids is 1. The van der Waals surface area contributed by atoms with Gasteiger partial charge >= 0.3 is 5.97 Å². The van der Waals surface area contributed by atoms with Crippen molar-refractivity contribution < 1.29 is 19.1 Å². The number of hydrogen-bond acceptors (Lipinski definition) is 6. The highest BCUT2D eigenvalue weighted by atomic mass is 35.5. The maximum absolute atomic E-state index is 12.4. The summed E-state index contributed by atoms with van der Waals surface area (Å²) in [6.45, 7) is 2.50. The van der Waals surface area contributed by atoms with E-state index < -0.39 is 5.97 Å². The van der Waals surface area contributed by atoms with Gasteiger partial charge in [-0.1, -0.05) is 35.0 Å². The lowest BCUT2D eigenvalue weighted by Crippen LogP contribution is -2.15. The summed E-state index contributed by atoms with van der Waals surface area (Å²) < 4.78 is 7.72. The van der Waals surface area contributed by atoms with Crippen molar-refractivity contribution in [1.29, 1.82) is 0 Å². The minimum Gasteiger partial charge on any atom is -0.478 e. The molecule has 0 fully saturated rings. The zero-order valence-electron chi connectivity index (χ0n) is 16.6. The minimum absolute atomic E-state index is 0.0276. The largest absolute Gasteiger partial charge is 0.478 e. The molecule has 4 aromatic rings. The summed E-state index contributed by atoms with van der Waals surface area (Å²) in [4.78, 5) is 23.6. The number of hydrogen-bond donors (Lipinski definition) is 2. The van der Waals surface area contributed by atoms with Crippen LogP contribution in [0.5, 0.6) is 0 Å². The predicted molar refractivity (Wildman–Crippen MR) is 124 cm³/mol. The Kier molecular flexibility index (Phi) is 6.40. The van der Waals surface area contributed by atoms with E-state index in [1.54, 1.807) is 18.2 Å². The Morgan fingerprint density at radius 2 is 1.97 bits per heavy atom. The Hall–Kier alpha value is -3.01.